The zero-order valence-corrected chi connectivity index (χ0v) is 15.9. The summed E-state index contributed by atoms with van der Waals surface area (Å²) in [6.07, 6.45) is 3.76. The maximum absolute atomic E-state index is 13.2. The van der Waals surface area contributed by atoms with Gasteiger partial charge in [-0.25, -0.2) is 4.98 Å². The molecule has 0 spiro atoms. The van der Waals surface area contributed by atoms with Crippen LogP contribution in [0.15, 0.2) is 77.6 Å². The Labute approximate surface area is 167 Å². The molecule has 0 fully saturated rings. The highest BCUT2D eigenvalue weighted by Crippen LogP contribution is 2.27. The van der Waals surface area contributed by atoms with E-state index in [1.165, 1.54) is 0 Å². The first-order valence-corrected chi connectivity index (χ1v) is 9.14. The van der Waals surface area contributed by atoms with Crippen LogP contribution in [0.3, 0.4) is 0 Å². The molecule has 0 aliphatic rings. The molecule has 0 aliphatic heterocycles. The lowest BCUT2D eigenvalue weighted by molar-refractivity contribution is 0.415. The molecule has 0 atom stereocenters. The average molecular weight is 389 g/mol. The van der Waals surface area contributed by atoms with E-state index in [0.717, 1.165) is 5.56 Å². The van der Waals surface area contributed by atoms with Gasteiger partial charge in [0.2, 0.25) is 0 Å². The van der Waals surface area contributed by atoms with Crippen molar-refractivity contribution in [2.24, 2.45) is 0 Å². The van der Waals surface area contributed by atoms with Crippen LogP contribution in [0.2, 0.25) is 5.02 Å². The van der Waals surface area contributed by atoms with Crippen LogP contribution in [0.5, 0.6) is 5.75 Å². The van der Waals surface area contributed by atoms with E-state index in [2.05, 4.69) is 0 Å². The molecular formula is C23H17ClN2O2. The number of hydrogen-bond donors (Lipinski definition) is 0. The molecule has 0 unspecified atom stereocenters. The number of halogens is 1. The summed E-state index contributed by atoms with van der Waals surface area (Å²) in [5, 5.41) is 0.976. The van der Waals surface area contributed by atoms with Crippen molar-refractivity contribution < 1.29 is 4.74 Å². The molecular weight excluding hydrogens is 372 g/mol. The van der Waals surface area contributed by atoms with Crippen molar-refractivity contribution in [3.05, 3.63) is 99.6 Å². The molecule has 0 radical (unpaired) electrons. The van der Waals surface area contributed by atoms with E-state index in [1.807, 2.05) is 60.7 Å². The fourth-order valence-corrected chi connectivity index (χ4v) is 3.29. The van der Waals surface area contributed by atoms with E-state index in [4.69, 9.17) is 21.3 Å². The molecule has 4 rings (SSSR count). The lowest BCUT2D eigenvalue weighted by Gasteiger charge is -2.13. The number of hydrogen-bond acceptors (Lipinski definition) is 3. The van der Waals surface area contributed by atoms with Crippen LogP contribution in [0.25, 0.3) is 28.7 Å². The molecule has 0 saturated carbocycles. The first-order valence-electron chi connectivity index (χ1n) is 8.76. The Morgan fingerprint density at radius 1 is 0.964 bits per heavy atom. The summed E-state index contributed by atoms with van der Waals surface area (Å²) in [5.74, 6) is 1.07. The Balaban J connectivity index is 1.95. The second-order valence-corrected chi connectivity index (χ2v) is 6.60. The highest BCUT2D eigenvalue weighted by atomic mass is 35.5. The predicted octanol–water partition coefficient (Wildman–Crippen LogP) is 5.22. The van der Waals surface area contributed by atoms with Gasteiger partial charge in [-0.1, -0.05) is 60.1 Å². The van der Waals surface area contributed by atoms with Crippen LogP contribution in [0.4, 0.5) is 0 Å². The second kappa shape index (κ2) is 7.71. The van der Waals surface area contributed by atoms with Crippen molar-refractivity contribution in [3.63, 3.8) is 0 Å². The lowest BCUT2D eigenvalue weighted by atomic mass is 10.2. The fraction of sp³-hybridized carbons (Fsp3) is 0.0435. The Hall–Kier alpha value is -3.37. The van der Waals surface area contributed by atoms with E-state index in [9.17, 15) is 4.79 Å². The van der Waals surface area contributed by atoms with Crippen molar-refractivity contribution in [1.29, 1.82) is 0 Å². The molecule has 3 aromatic carbocycles. The maximum atomic E-state index is 13.2. The van der Waals surface area contributed by atoms with Crippen LogP contribution < -0.4 is 10.3 Å². The van der Waals surface area contributed by atoms with Crippen molar-refractivity contribution in [2.75, 3.05) is 7.11 Å². The number of methoxy groups -OCH3 is 1. The smallest absolute Gasteiger partial charge is 0.266 e. The summed E-state index contributed by atoms with van der Waals surface area (Å²) in [5.41, 5.74) is 2.14. The van der Waals surface area contributed by atoms with Crippen LogP contribution in [0.1, 0.15) is 11.4 Å². The number of fused-ring (bicyclic) bond motifs is 1. The molecule has 5 heteroatoms. The third-order valence-corrected chi connectivity index (χ3v) is 4.72. The van der Waals surface area contributed by atoms with Gasteiger partial charge in [0.25, 0.3) is 5.56 Å². The molecule has 0 aliphatic carbocycles. The first-order chi connectivity index (χ1) is 13.7. The molecule has 0 bridgehead atoms. The Morgan fingerprint density at radius 2 is 1.71 bits per heavy atom. The van der Waals surface area contributed by atoms with Gasteiger partial charge in [0.15, 0.2) is 0 Å². The average Bonchev–Trinajstić information content (AvgIpc) is 2.73. The molecule has 1 heterocycles. The highest BCUT2D eigenvalue weighted by Gasteiger charge is 2.12. The standard InChI is InChI=1S/C23H17ClN2O2/c1-28-21-13-12-17(15-19(21)24)26-22(14-11-16-7-3-2-4-8-16)25-20-10-6-5-9-18(20)23(26)27/h2-15H,1H3. The van der Waals surface area contributed by atoms with Gasteiger partial charge >= 0.3 is 0 Å². The van der Waals surface area contributed by atoms with Gasteiger partial charge in [-0.05, 0) is 42.0 Å². The summed E-state index contributed by atoms with van der Waals surface area (Å²) in [6, 6.07) is 22.4. The summed E-state index contributed by atoms with van der Waals surface area (Å²) in [6.45, 7) is 0. The van der Waals surface area contributed by atoms with Gasteiger partial charge in [-0.3, -0.25) is 9.36 Å². The molecule has 28 heavy (non-hydrogen) atoms. The normalized spacial score (nSPS) is 11.2. The topological polar surface area (TPSA) is 44.1 Å². The molecule has 0 saturated heterocycles. The number of aromatic nitrogens is 2. The van der Waals surface area contributed by atoms with E-state index >= 15 is 0 Å². The third kappa shape index (κ3) is 3.42. The van der Waals surface area contributed by atoms with E-state index in [0.29, 0.717) is 33.2 Å². The number of benzene rings is 3. The highest BCUT2D eigenvalue weighted by molar-refractivity contribution is 6.32. The molecule has 138 valence electrons. The number of rotatable bonds is 4. The minimum absolute atomic E-state index is 0.153. The molecule has 4 aromatic rings. The van der Waals surface area contributed by atoms with Crippen LogP contribution in [-0.2, 0) is 0 Å². The van der Waals surface area contributed by atoms with Gasteiger partial charge in [-0.15, -0.1) is 0 Å². The SMILES string of the molecule is COc1ccc(-n2c(C=Cc3ccccc3)nc3ccccc3c2=O)cc1Cl. The maximum Gasteiger partial charge on any atom is 0.266 e. The van der Waals surface area contributed by atoms with E-state index < -0.39 is 0 Å². The summed E-state index contributed by atoms with van der Waals surface area (Å²) < 4.78 is 6.79. The van der Waals surface area contributed by atoms with Crippen molar-refractivity contribution in [1.82, 2.24) is 9.55 Å². The number of ether oxygens (including phenoxy) is 1. The molecule has 0 amide bonds. The van der Waals surface area contributed by atoms with Gasteiger partial charge in [0.1, 0.15) is 11.6 Å². The van der Waals surface area contributed by atoms with Gasteiger partial charge in [0.05, 0.1) is 28.7 Å². The number of para-hydroxylation sites is 1. The van der Waals surface area contributed by atoms with Gasteiger partial charge in [-0.2, -0.15) is 0 Å². The Kier molecular flexibility index (Phi) is 4.96. The van der Waals surface area contributed by atoms with Crippen molar-refractivity contribution in [2.45, 2.75) is 0 Å². The fourth-order valence-electron chi connectivity index (χ4n) is 3.04. The molecule has 4 nitrogen and oxygen atoms in total. The molecule has 0 N–H and O–H groups in total. The predicted molar refractivity (Wildman–Crippen MR) is 114 cm³/mol. The minimum atomic E-state index is -0.153. The zero-order chi connectivity index (χ0) is 19.5. The molecule has 1 aromatic heterocycles. The summed E-state index contributed by atoms with van der Waals surface area (Å²) in [4.78, 5) is 17.9. The van der Waals surface area contributed by atoms with E-state index in [1.54, 1.807) is 35.9 Å². The Morgan fingerprint density at radius 3 is 2.46 bits per heavy atom. The monoisotopic (exact) mass is 388 g/mol. The van der Waals surface area contributed by atoms with Gasteiger partial charge < -0.3 is 4.74 Å². The second-order valence-electron chi connectivity index (χ2n) is 6.19. The quantitative estimate of drug-likeness (QED) is 0.481. The third-order valence-electron chi connectivity index (χ3n) is 4.42. The summed E-state index contributed by atoms with van der Waals surface area (Å²) >= 11 is 6.30. The van der Waals surface area contributed by atoms with Gasteiger partial charge in [0, 0.05) is 0 Å². The zero-order valence-electron chi connectivity index (χ0n) is 15.2. The van der Waals surface area contributed by atoms with Crippen molar-refractivity contribution in [3.8, 4) is 11.4 Å². The van der Waals surface area contributed by atoms with Crippen LogP contribution in [0, 0.1) is 0 Å². The van der Waals surface area contributed by atoms with Crippen LogP contribution >= 0.6 is 11.6 Å². The van der Waals surface area contributed by atoms with E-state index in [-0.39, 0.29) is 5.56 Å². The van der Waals surface area contributed by atoms with Crippen LogP contribution in [-0.4, -0.2) is 16.7 Å². The minimum Gasteiger partial charge on any atom is -0.495 e. The number of nitrogens with zero attached hydrogens (tertiary/aromatic N) is 2. The lowest BCUT2D eigenvalue weighted by Crippen LogP contribution is -2.22. The Bertz CT molecular complexity index is 1230. The summed E-state index contributed by atoms with van der Waals surface area (Å²) in [7, 11) is 1.55. The van der Waals surface area contributed by atoms with Crippen molar-refractivity contribution >= 4 is 34.7 Å². The largest absolute Gasteiger partial charge is 0.495 e. The first kappa shape index (κ1) is 18.0.